The summed E-state index contributed by atoms with van der Waals surface area (Å²) in [5.74, 6) is 0.531. The minimum Gasteiger partial charge on any atom is -0.387 e. The SMILES string of the molecule is Cc1nc(=S)c2ncn(C3OC(COP(=O)(O)O)C(O)C3O)c2[nH]1. The van der Waals surface area contributed by atoms with Gasteiger partial charge in [0.05, 0.1) is 12.9 Å². The molecule has 24 heavy (non-hydrogen) atoms. The fourth-order valence-corrected chi connectivity index (χ4v) is 3.13. The van der Waals surface area contributed by atoms with E-state index < -0.39 is 39.0 Å². The number of H-pyrrole nitrogens is 1. The van der Waals surface area contributed by atoms with Crippen molar-refractivity contribution in [3.8, 4) is 0 Å². The van der Waals surface area contributed by atoms with E-state index in [0.29, 0.717) is 17.0 Å². The van der Waals surface area contributed by atoms with E-state index in [4.69, 9.17) is 26.7 Å². The van der Waals surface area contributed by atoms with Crippen molar-refractivity contribution in [1.82, 2.24) is 19.5 Å². The first-order valence-electron chi connectivity index (χ1n) is 6.82. The van der Waals surface area contributed by atoms with Crippen LogP contribution in [0.2, 0.25) is 0 Å². The summed E-state index contributed by atoms with van der Waals surface area (Å²) < 4.78 is 22.3. The predicted molar refractivity (Wildman–Crippen MR) is 81.4 cm³/mol. The lowest BCUT2D eigenvalue weighted by Gasteiger charge is -2.17. The molecule has 0 bridgehead atoms. The van der Waals surface area contributed by atoms with E-state index >= 15 is 0 Å². The zero-order valence-corrected chi connectivity index (χ0v) is 14.0. The summed E-state index contributed by atoms with van der Waals surface area (Å²) in [6.45, 7) is 1.12. The van der Waals surface area contributed by atoms with Crippen molar-refractivity contribution in [3.05, 3.63) is 16.8 Å². The van der Waals surface area contributed by atoms with Crippen molar-refractivity contribution < 1.29 is 33.8 Å². The van der Waals surface area contributed by atoms with Crippen LogP contribution in [-0.2, 0) is 13.8 Å². The maximum absolute atomic E-state index is 10.8. The Kier molecular flexibility index (Phi) is 4.57. The fraction of sp³-hybridized carbons (Fsp3) is 0.545. The molecule has 4 atom stereocenters. The molecule has 1 aliphatic rings. The highest BCUT2D eigenvalue weighted by Crippen LogP contribution is 2.38. The topological polar surface area (TPSA) is 163 Å². The highest BCUT2D eigenvalue weighted by molar-refractivity contribution is 7.71. The van der Waals surface area contributed by atoms with Gasteiger partial charge < -0.3 is 29.7 Å². The molecule has 0 aliphatic carbocycles. The lowest BCUT2D eigenvalue weighted by molar-refractivity contribution is -0.0504. The molecule has 3 heterocycles. The smallest absolute Gasteiger partial charge is 0.387 e. The number of aromatic amines is 1. The lowest BCUT2D eigenvalue weighted by atomic mass is 10.1. The van der Waals surface area contributed by atoms with Gasteiger partial charge in [0.2, 0.25) is 0 Å². The monoisotopic (exact) mass is 378 g/mol. The van der Waals surface area contributed by atoms with E-state index in [2.05, 4.69) is 19.5 Å². The zero-order chi connectivity index (χ0) is 17.6. The molecule has 0 amide bonds. The van der Waals surface area contributed by atoms with Crippen LogP contribution in [0.15, 0.2) is 6.33 Å². The third kappa shape index (κ3) is 3.27. The average Bonchev–Trinajstić information content (AvgIpc) is 3.00. The summed E-state index contributed by atoms with van der Waals surface area (Å²) in [5, 5.41) is 20.2. The number of phosphoric acid groups is 1. The highest BCUT2D eigenvalue weighted by atomic mass is 32.1. The van der Waals surface area contributed by atoms with Gasteiger partial charge in [0.1, 0.15) is 35.3 Å². The Morgan fingerprint density at radius 1 is 1.46 bits per heavy atom. The molecule has 1 fully saturated rings. The molecule has 0 radical (unpaired) electrons. The second kappa shape index (κ2) is 6.24. The van der Waals surface area contributed by atoms with Gasteiger partial charge >= 0.3 is 7.82 Å². The Balaban J connectivity index is 1.90. The molecule has 4 unspecified atom stereocenters. The summed E-state index contributed by atoms with van der Waals surface area (Å²) in [5.41, 5.74) is 0.844. The van der Waals surface area contributed by atoms with E-state index in [1.165, 1.54) is 10.9 Å². The number of ether oxygens (including phenoxy) is 1. The Morgan fingerprint density at radius 3 is 2.83 bits per heavy atom. The van der Waals surface area contributed by atoms with E-state index in [1.54, 1.807) is 6.92 Å². The number of nitrogens with one attached hydrogen (secondary N) is 1. The van der Waals surface area contributed by atoms with Crippen molar-refractivity contribution in [2.24, 2.45) is 0 Å². The maximum atomic E-state index is 10.8. The summed E-state index contributed by atoms with van der Waals surface area (Å²) in [4.78, 5) is 28.6. The molecule has 2 aromatic heterocycles. The van der Waals surface area contributed by atoms with Gasteiger partial charge in [0.25, 0.3) is 0 Å². The molecule has 1 aliphatic heterocycles. The van der Waals surface area contributed by atoms with Crippen molar-refractivity contribution in [3.63, 3.8) is 0 Å². The van der Waals surface area contributed by atoms with Gasteiger partial charge in [-0.25, -0.2) is 14.5 Å². The number of aliphatic hydroxyl groups is 2. The molecule has 1 saturated heterocycles. The number of imidazole rings is 1. The summed E-state index contributed by atoms with van der Waals surface area (Å²) in [6.07, 6.45) is -3.55. The first-order valence-corrected chi connectivity index (χ1v) is 8.76. The molecule has 2 aromatic rings. The van der Waals surface area contributed by atoms with Crippen LogP contribution in [0.25, 0.3) is 11.2 Å². The molecule has 3 rings (SSSR count). The number of aryl methyl sites for hydroxylation is 1. The van der Waals surface area contributed by atoms with Crippen molar-refractivity contribution >= 4 is 31.2 Å². The Morgan fingerprint density at radius 2 is 2.17 bits per heavy atom. The van der Waals surface area contributed by atoms with Crippen molar-refractivity contribution in [2.75, 3.05) is 6.61 Å². The van der Waals surface area contributed by atoms with Crippen LogP contribution in [0.5, 0.6) is 0 Å². The van der Waals surface area contributed by atoms with Crippen LogP contribution in [0.1, 0.15) is 12.1 Å². The van der Waals surface area contributed by atoms with E-state index in [1.807, 2.05) is 0 Å². The van der Waals surface area contributed by atoms with Crippen LogP contribution < -0.4 is 0 Å². The quantitative estimate of drug-likeness (QED) is 0.347. The van der Waals surface area contributed by atoms with Gasteiger partial charge in [-0.1, -0.05) is 12.2 Å². The molecule has 132 valence electrons. The number of nitrogens with zero attached hydrogens (tertiary/aromatic N) is 3. The number of hydrogen-bond acceptors (Lipinski definition) is 8. The van der Waals surface area contributed by atoms with Gasteiger partial charge in [-0.15, -0.1) is 0 Å². The van der Waals surface area contributed by atoms with Crippen LogP contribution in [0.3, 0.4) is 0 Å². The second-order valence-electron chi connectivity index (χ2n) is 5.31. The van der Waals surface area contributed by atoms with Gasteiger partial charge in [0.15, 0.2) is 10.9 Å². The third-order valence-electron chi connectivity index (χ3n) is 3.58. The van der Waals surface area contributed by atoms with Gasteiger partial charge in [-0.05, 0) is 6.92 Å². The lowest BCUT2D eigenvalue weighted by Crippen LogP contribution is -2.33. The Labute approximate surface area is 140 Å². The van der Waals surface area contributed by atoms with Gasteiger partial charge in [-0.2, -0.15) is 0 Å². The van der Waals surface area contributed by atoms with Crippen LogP contribution in [0.4, 0.5) is 0 Å². The summed E-state index contributed by atoms with van der Waals surface area (Å²) >= 11 is 5.12. The standard InChI is InChI=1S/C11H15N4O7PS/c1-4-13-9-6(10(24)14-4)12-3-15(9)11-8(17)7(16)5(22-11)2-21-23(18,19)20/h3,5,7-8,11,16-17H,2H2,1H3,(H,13,14,24)(H2,18,19,20). The number of rotatable bonds is 4. The molecular formula is C11H15N4O7PS. The average molecular weight is 378 g/mol. The molecule has 13 heteroatoms. The molecular weight excluding hydrogens is 363 g/mol. The molecule has 5 N–H and O–H groups in total. The number of aromatic nitrogens is 4. The first-order chi connectivity index (χ1) is 11.2. The van der Waals surface area contributed by atoms with E-state index in [-0.39, 0.29) is 4.64 Å². The minimum atomic E-state index is -4.72. The van der Waals surface area contributed by atoms with Gasteiger partial charge in [0, 0.05) is 0 Å². The maximum Gasteiger partial charge on any atom is 0.469 e. The third-order valence-corrected chi connectivity index (χ3v) is 4.35. The molecule has 0 saturated carbocycles. The number of hydrogen-bond donors (Lipinski definition) is 5. The highest BCUT2D eigenvalue weighted by Gasteiger charge is 2.45. The van der Waals surface area contributed by atoms with Crippen molar-refractivity contribution in [2.45, 2.75) is 31.5 Å². The number of aliphatic hydroxyl groups excluding tert-OH is 2. The van der Waals surface area contributed by atoms with Crippen molar-refractivity contribution in [1.29, 1.82) is 0 Å². The molecule has 0 aromatic carbocycles. The molecule has 11 nitrogen and oxygen atoms in total. The number of phosphoric ester groups is 1. The van der Waals surface area contributed by atoms with Crippen LogP contribution in [0, 0.1) is 11.6 Å². The van der Waals surface area contributed by atoms with E-state index in [9.17, 15) is 14.8 Å². The Bertz CT molecular complexity index is 864. The van der Waals surface area contributed by atoms with E-state index in [0.717, 1.165) is 0 Å². The van der Waals surface area contributed by atoms with Crippen LogP contribution >= 0.6 is 20.0 Å². The van der Waals surface area contributed by atoms with Gasteiger partial charge in [-0.3, -0.25) is 9.09 Å². The predicted octanol–water partition coefficient (Wildman–Crippen LogP) is -0.474. The van der Waals surface area contributed by atoms with Crippen LogP contribution in [-0.4, -0.2) is 64.4 Å². The summed E-state index contributed by atoms with van der Waals surface area (Å²) in [6, 6.07) is 0. The Hall–Kier alpha value is -1.24. The first kappa shape index (κ1) is 17.6. The fourth-order valence-electron chi connectivity index (χ4n) is 2.51. The summed E-state index contributed by atoms with van der Waals surface area (Å²) in [7, 11) is -4.72. The largest absolute Gasteiger partial charge is 0.469 e. The second-order valence-corrected chi connectivity index (χ2v) is 6.94. The normalized spacial score (nSPS) is 27.9. The minimum absolute atomic E-state index is 0.273. The molecule has 0 spiro atoms. The zero-order valence-electron chi connectivity index (χ0n) is 12.3. The number of fused-ring (bicyclic) bond motifs is 1.